The molecule has 1 saturated heterocycles. The summed E-state index contributed by atoms with van der Waals surface area (Å²) < 4.78 is 3.36. The zero-order valence-electron chi connectivity index (χ0n) is 21.6. The third kappa shape index (κ3) is 4.76. The average molecular weight is 514 g/mol. The van der Waals surface area contributed by atoms with Crippen molar-refractivity contribution < 1.29 is 9.59 Å². The van der Waals surface area contributed by atoms with Gasteiger partial charge < -0.3 is 10.6 Å². The second-order valence-electron chi connectivity index (χ2n) is 10.6. The van der Waals surface area contributed by atoms with Gasteiger partial charge in [0.25, 0.3) is 5.91 Å². The number of hydrogen-bond donors (Lipinski definition) is 2. The molecular formula is C27H31N9O2. The lowest BCUT2D eigenvalue weighted by atomic mass is 9.63. The Bertz CT molecular complexity index is 1510. The van der Waals surface area contributed by atoms with Crippen molar-refractivity contribution in [3.63, 3.8) is 0 Å². The molecule has 1 aliphatic heterocycles. The van der Waals surface area contributed by atoms with Gasteiger partial charge in [0.1, 0.15) is 0 Å². The smallest absolute Gasteiger partial charge is 0.294 e. The number of aromatic nitrogens is 6. The molecule has 0 radical (unpaired) electrons. The molecule has 4 aromatic heterocycles. The topological polar surface area (TPSA) is 122 Å². The van der Waals surface area contributed by atoms with Crippen LogP contribution in [0.15, 0.2) is 43.0 Å². The van der Waals surface area contributed by atoms with Crippen LogP contribution in [0, 0.1) is 12.3 Å². The predicted molar refractivity (Wildman–Crippen MR) is 143 cm³/mol. The number of amides is 2. The fraction of sp³-hybridized carbons (Fsp3) is 0.407. The van der Waals surface area contributed by atoms with Crippen molar-refractivity contribution in [1.29, 1.82) is 0 Å². The minimum atomic E-state index is -0.418. The highest BCUT2D eigenvalue weighted by Gasteiger charge is 2.39. The third-order valence-electron chi connectivity index (χ3n) is 7.97. The summed E-state index contributed by atoms with van der Waals surface area (Å²) in [6, 6.07) is 5.47. The minimum absolute atomic E-state index is 0.0784. The molecule has 11 heteroatoms. The van der Waals surface area contributed by atoms with Crippen LogP contribution in [0.4, 0.5) is 11.4 Å². The highest BCUT2D eigenvalue weighted by molar-refractivity contribution is 6.03. The maximum atomic E-state index is 13.1. The summed E-state index contributed by atoms with van der Waals surface area (Å²) >= 11 is 0. The summed E-state index contributed by atoms with van der Waals surface area (Å²) in [5.41, 5.74) is 4.65. The Labute approximate surface area is 220 Å². The molecule has 0 aromatic carbocycles. The van der Waals surface area contributed by atoms with Crippen molar-refractivity contribution >= 4 is 28.8 Å². The van der Waals surface area contributed by atoms with E-state index in [1.807, 2.05) is 25.4 Å². The second-order valence-corrected chi connectivity index (χ2v) is 10.6. The fourth-order valence-corrected chi connectivity index (χ4v) is 5.47. The number of nitrogens with zero attached hydrogens (tertiary/aromatic N) is 7. The van der Waals surface area contributed by atoms with Crippen molar-refractivity contribution in [1.82, 2.24) is 34.3 Å². The first-order valence-corrected chi connectivity index (χ1v) is 13.0. The van der Waals surface area contributed by atoms with Crippen molar-refractivity contribution in [3.8, 4) is 11.1 Å². The van der Waals surface area contributed by atoms with Gasteiger partial charge in [-0.25, -0.2) is 0 Å². The van der Waals surface area contributed by atoms with Gasteiger partial charge >= 0.3 is 0 Å². The van der Waals surface area contributed by atoms with E-state index < -0.39 is 5.91 Å². The van der Waals surface area contributed by atoms with Crippen LogP contribution in [0.1, 0.15) is 48.4 Å². The molecule has 2 N–H and O–H groups in total. The van der Waals surface area contributed by atoms with E-state index in [4.69, 9.17) is 0 Å². The van der Waals surface area contributed by atoms with Gasteiger partial charge in [-0.2, -0.15) is 5.10 Å². The highest BCUT2D eigenvalue weighted by Crippen LogP contribution is 2.48. The van der Waals surface area contributed by atoms with E-state index in [1.165, 1.54) is 32.1 Å². The number of nitrogens with one attached hydrogen (secondary N) is 2. The molecule has 196 valence electrons. The monoisotopic (exact) mass is 513 g/mol. The SMILES string of the molecule is Cc1ncc(NC(=O)CN2CCC3(CCC3)CC2)cc1NC(=O)c1nnc2cc(-c3cnn(C)c3)ccn12. The normalized spacial score (nSPS) is 16.9. The number of carbonyl (C=O) groups is 2. The summed E-state index contributed by atoms with van der Waals surface area (Å²) in [5.74, 6) is -0.343. The molecule has 38 heavy (non-hydrogen) atoms. The molecular weight excluding hydrogens is 482 g/mol. The zero-order valence-corrected chi connectivity index (χ0v) is 21.6. The Morgan fingerprint density at radius 1 is 1.03 bits per heavy atom. The Hall–Kier alpha value is -4.12. The van der Waals surface area contributed by atoms with Crippen LogP contribution in [0.2, 0.25) is 0 Å². The van der Waals surface area contributed by atoms with Gasteiger partial charge in [-0.3, -0.25) is 28.6 Å². The van der Waals surface area contributed by atoms with E-state index in [9.17, 15) is 9.59 Å². The first-order chi connectivity index (χ1) is 18.4. The lowest BCUT2D eigenvalue weighted by Crippen LogP contribution is -2.45. The third-order valence-corrected chi connectivity index (χ3v) is 7.97. The number of aryl methyl sites for hydroxylation is 2. The molecule has 11 nitrogen and oxygen atoms in total. The van der Waals surface area contributed by atoms with E-state index in [0.717, 1.165) is 24.2 Å². The Morgan fingerprint density at radius 3 is 2.55 bits per heavy atom. The van der Waals surface area contributed by atoms with Gasteiger partial charge in [-0.15, -0.1) is 10.2 Å². The van der Waals surface area contributed by atoms with E-state index >= 15 is 0 Å². The number of rotatable bonds is 6. The highest BCUT2D eigenvalue weighted by atomic mass is 16.2. The second kappa shape index (κ2) is 9.64. The van der Waals surface area contributed by atoms with Crippen LogP contribution in [-0.2, 0) is 11.8 Å². The zero-order chi connectivity index (χ0) is 26.3. The molecule has 1 spiro atoms. The van der Waals surface area contributed by atoms with Crippen LogP contribution in [0.3, 0.4) is 0 Å². The average Bonchev–Trinajstić information content (AvgIpc) is 3.51. The van der Waals surface area contributed by atoms with Gasteiger partial charge in [0, 0.05) is 25.0 Å². The molecule has 0 atom stereocenters. The summed E-state index contributed by atoms with van der Waals surface area (Å²) in [7, 11) is 1.86. The largest absolute Gasteiger partial charge is 0.324 e. The summed E-state index contributed by atoms with van der Waals surface area (Å²) in [5, 5.41) is 18.3. The predicted octanol–water partition coefficient (Wildman–Crippen LogP) is 3.29. The number of pyridine rings is 2. The van der Waals surface area contributed by atoms with E-state index in [2.05, 4.69) is 35.8 Å². The van der Waals surface area contributed by atoms with Crippen LogP contribution in [0.25, 0.3) is 16.8 Å². The van der Waals surface area contributed by atoms with Crippen molar-refractivity contribution in [2.45, 2.75) is 39.0 Å². The van der Waals surface area contributed by atoms with Crippen LogP contribution < -0.4 is 10.6 Å². The number of piperidine rings is 1. The molecule has 2 aliphatic rings. The molecule has 0 bridgehead atoms. The van der Waals surface area contributed by atoms with E-state index in [1.54, 1.807) is 40.7 Å². The minimum Gasteiger partial charge on any atom is -0.324 e. The van der Waals surface area contributed by atoms with E-state index in [0.29, 0.717) is 34.7 Å². The van der Waals surface area contributed by atoms with Crippen molar-refractivity contribution in [3.05, 3.63) is 54.5 Å². The van der Waals surface area contributed by atoms with Gasteiger partial charge in [0.2, 0.25) is 11.7 Å². The molecule has 5 heterocycles. The molecule has 6 rings (SSSR count). The van der Waals surface area contributed by atoms with Crippen molar-refractivity contribution in [2.24, 2.45) is 12.5 Å². The lowest BCUT2D eigenvalue weighted by Gasteiger charge is -2.47. The summed E-state index contributed by atoms with van der Waals surface area (Å²) in [6.07, 6.45) is 13.5. The Morgan fingerprint density at radius 2 is 1.84 bits per heavy atom. The van der Waals surface area contributed by atoms with Gasteiger partial charge in [0.05, 0.1) is 36.0 Å². The first kappa shape index (κ1) is 24.2. The molecule has 2 amide bonds. The Balaban J connectivity index is 1.11. The molecule has 0 unspecified atom stereocenters. The van der Waals surface area contributed by atoms with Gasteiger partial charge in [-0.05, 0) is 74.9 Å². The molecule has 2 fully saturated rings. The fourth-order valence-electron chi connectivity index (χ4n) is 5.47. The number of anilines is 2. The molecule has 1 saturated carbocycles. The van der Waals surface area contributed by atoms with Crippen LogP contribution in [-0.4, -0.2) is 65.7 Å². The van der Waals surface area contributed by atoms with Gasteiger partial charge in [-0.1, -0.05) is 6.42 Å². The Kier molecular flexibility index (Phi) is 6.15. The maximum Gasteiger partial charge on any atom is 0.294 e. The summed E-state index contributed by atoms with van der Waals surface area (Å²) in [6.45, 7) is 4.10. The summed E-state index contributed by atoms with van der Waals surface area (Å²) in [4.78, 5) is 32.4. The lowest BCUT2D eigenvalue weighted by molar-refractivity contribution is -0.118. The van der Waals surface area contributed by atoms with Crippen LogP contribution >= 0.6 is 0 Å². The van der Waals surface area contributed by atoms with E-state index in [-0.39, 0.29) is 11.7 Å². The first-order valence-electron chi connectivity index (χ1n) is 13.0. The van der Waals surface area contributed by atoms with Gasteiger partial charge in [0.15, 0.2) is 5.65 Å². The molecule has 4 aromatic rings. The quantitative estimate of drug-likeness (QED) is 0.406. The number of likely N-dealkylation sites (tertiary alicyclic amines) is 1. The molecule has 1 aliphatic carbocycles. The maximum absolute atomic E-state index is 13.1. The standard InChI is InChI=1S/C27H31N9O2/c1-18-22(13-21(15-28-18)30-24(37)17-35-10-7-27(8-11-35)5-3-6-27)31-26(38)25-33-32-23-12-19(4-9-36(23)25)20-14-29-34(2)16-20/h4,9,12-16H,3,5-8,10-11,17H2,1-2H3,(H,30,37)(H,31,38). The van der Waals surface area contributed by atoms with Crippen LogP contribution in [0.5, 0.6) is 0 Å². The number of fused-ring (bicyclic) bond motifs is 1. The number of hydrogen-bond acceptors (Lipinski definition) is 7. The van der Waals surface area contributed by atoms with Crippen molar-refractivity contribution in [2.75, 3.05) is 30.3 Å². The number of carbonyl (C=O) groups excluding carboxylic acids is 2.